The molecule has 0 spiro atoms. The van der Waals surface area contributed by atoms with Crippen molar-refractivity contribution < 1.29 is 4.79 Å². The molecule has 7 nitrogen and oxygen atoms in total. The van der Waals surface area contributed by atoms with Gasteiger partial charge >= 0.3 is 6.03 Å². The van der Waals surface area contributed by atoms with E-state index in [4.69, 9.17) is 10.7 Å². The lowest BCUT2D eigenvalue weighted by Crippen LogP contribution is -2.40. The van der Waals surface area contributed by atoms with Crippen LogP contribution in [0, 0.1) is 0 Å². The van der Waals surface area contributed by atoms with Gasteiger partial charge in [0.15, 0.2) is 5.82 Å². The average Bonchev–Trinajstić information content (AvgIpc) is 2.99. The van der Waals surface area contributed by atoms with Gasteiger partial charge in [0.05, 0.1) is 11.0 Å². The molecule has 144 valence electrons. The van der Waals surface area contributed by atoms with E-state index in [2.05, 4.69) is 27.1 Å². The Balaban J connectivity index is 1.98. The number of rotatable bonds is 7. The van der Waals surface area contributed by atoms with Crippen LogP contribution in [0.25, 0.3) is 21.9 Å². The van der Waals surface area contributed by atoms with Crippen LogP contribution in [0.1, 0.15) is 39.4 Å². The zero-order valence-corrected chi connectivity index (χ0v) is 16.2. The number of fused-ring (bicyclic) bond motifs is 3. The number of aryl methyl sites for hydroxylation is 1. The first kappa shape index (κ1) is 18.9. The van der Waals surface area contributed by atoms with E-state index in [9.17, 15) is 4.79 Å². The zero-order valence-electron chi connectivity index (χ0n) is 16.2. The molecule has 0 saturated heterocycles. The van der Waals surface area contributed by atoms with Gasteiger partial charge in [-0.2, -0.15) is 0 Å². The SMILES string of the molecule is CCCCc1nc2c(N)nc3ccccc3c2n1CCNC(=O)NC(C)C. The number of anilines is 1. The summed E-state index contributed by atoms with van der Waals surface area (Å²) < 4.78 is 2.18. The van der Waals surface area contributed by atoms with E-state index in [1.54, 1.807) is 0 Å². The molecule has 2 heterocycles. The van der Waals surface area contributed by atoms with Gasteiger partial charge in [-0.15, -0.1) is 0 Å². The second-order valence-electron chi connectivity index (χ2n) is 7.05. The second-order valence-corrected chi connectivity index (χ2v) is 7.05. The van der Waals surface area contributed by atoms with Crippen LogP contribution in [0.2, 0.25) is 0 Å². The lowest BCUT2D eigenvalue weighted by molar-refractivity contribution is 0.238. The monoisotopic (exact) mass is 368 g/mol. The highest BCUT2D eigenvalue weighted by molar-refractivity contribution is 6.06. The van der Waals surface area contributed by atoms with Gasteiger partial charge in [0.1, 0.15) is 11.3 Å². The van der Waals surface area contributed by atoms with E-state index in [1.165, 1.54) is 0 Å². The Labute approximate surface area is 159 Å². The van der Waals surface area contributed by atoms with Crippen LogP contribution in [-0.4, -0.2) is 33.2 Å². The minimum atomic E-state index is -0.157. The number of imidazole rings is 1. The molecular weight excluding hydrogens is 340 g/mol. The first-order valence-corrected chi connectivity index (χ1v) is 9.59. The third-order valence-corrected chi connectivity index (χ3v) is 4.48. The highest BCUT2D eigenvalue weighted by atomic mass is 16.2. The summed E-state index contributed by atoms with van der Waals surface area (Å²) in [4.78, 5) is 21.2. The zero-order chi connectivity index (χ0) is 19.4. The molecule has 0 fully saturated rings. The molecule has 3 aromatic rings. The van der Waals surface area contributed by atoms with Gasteiger partial charge in [-0.05, 0) is 26.3 Å². The number of aromatic nitrogens is 3. The van der Waals surface area contributed by atoms with Gasteiger partial charge in [-0.25, -0.2) is 14.8 Å². The summed E-state index contributed by atoms with van der Waals surface area (Å²) in [5.41, 5.74) is 8.79. The van der Waals surface area contributed by atoms with Crippen LogP contribution in [0.5, 0.6) is 0 Å². The number of nitrogens with zero attached hydrogens (tertiary/aromatic N) is 3. The molecule has 0 radical (unpaired) electrons. The number of unbranched alkanes of at least 4 members (excludes halogenated alkanes) is 1. The van der Waals surface area contributed by atoms with Crippen molar-refractivity contribution >= 4 is 33.8 Å². The Morgan fingerprint density at radius 2 is 2.04 bits per heavy atom. The second kappa shape index (κ2) is 8.24. The molecule has 0 atom stereocenters. The minimum Gasteiger partial charge on any atom is -0.382 e. The molecule has 0 aliphatic carbocycles. The smallest absolute Gasteiger partial charge is 0.315 e. The number of para-hydroxylation sites is 1. The maximum Gasteiger partial charge on any atom is 0.315 e. The summed E-state index contributed by atoms with van der Waals surface area (Å²) in [6.45, 7) is 7.19. The first-order valence-electron chi connectivity index (χ1n) is 9.59. The molecule has 0 unspecified atom stereocenters. The van der Waals surface area contributed by atoms with Crippen LogP contribution < -0.4 is 16.4 Å². The molecule has 2 aromatic heterocycles. The normalized spacial score (nSPS) is 11.4. The van der Waals surface area contributed by atoms with E-state index >= 15 is 0 Å². The number of nitrogens with one attached hydrogen (secondary N) is 2. The van der Waals surface area contributed by atoms with Gasteiger partial charge in [-0.3, -0.25) is 0 Å². The number of pyridine rings is 1. The fraction of sp³-hybridized carbons (Fsp3) is 0.450. The van der Waals surface area contributed by atoms with Crippen LogP contribution in [0.15, 0.2) is 24.3 Å². The lowest BCUT2D eigenvalue weighted by Gasteiger charge is -2.13. The predicted octanol–water partition coefficient (Wildman–Crippen LogP) is 3.22. The van der Waals surface area contributed by atoms with Gasteiger partial charge in [0.25, 0.3) is 0 Å². The molecule has 0 aliphatic rings. The molecule has 0 bridgehead atoms. The Morgan fingerprint density at radius 1 is 1.26 bits per heavy atom. The minimum absolute atomic E-state index is 0.106. The van der Waals surface area contributed by atoms with E-state index in [0.717, 1.165) is 47.0 Å². The molecule has 2 amide bonds. The molecule has 27 heavy (non-hydrogen) atoms. The number of hydrogen-bond donors (Lipinski definition) is 3. The molecular formula is C20H28N6O. The fourth-order valence-electron chi connectivity index (χ4n) is 3.27. The first-order chi connectivity index (χ1) is 13.0. The molecule has 1 aromatic carbocycles. The van der Waals surface area contributed by atoms with E-state index in [1.807, 2.05) is 38.1 Å². The average molecular weight is 368 g/mol. The van der Waals surface area contributed by atoms with Crippen LogP contribution in [-0.2, 0) is 13.0 Å². The summed E-state index contributed by atoms with van der Waals surface area (Å²) in [5.74, 6) is 1.44. The van der Waals surface area contributed by atoms with Crippen LogP contribution in [0.4, 0.5) is 10.6 Å². The maximum atomic E-state index is 11.9. The largest absolute Gasteiger partial charge is 0.382 e. The third-order valence-electron chi connectivity index (χ3n) is 4.48. The van der Waals surface area contributed by atoms with Gasteiger partial charge in [0, 0.05) is 30.9 Å². The highest BCUT2D eigenvalue weighted by Gasteiger charge is 2.17. The topological polar surface area (TPSA) is 97.9 Å². The Kier molecular flexibility index (Phi) is 5.78. The Bertz CT molecular complexity index is 946. The summed E-state index contributed by atoms with van der Waals surface area (Å²) in [6, 6.07) is 7.91. The van der Waals surface area contributed by atoms with Crippen molar-refractivity contribution in [2.45, 2.75) is 52.6 Å². The summed E-state index contributed by atoms with van der Waals surface area (Å²) in [7, 11) is 0. The number of hydrogen-bond acceptors (Lipinski definition) is 4. The summed E-state index contributed by atoms with van der Waals surface area (Å²) in [6.07, 6.45) is 3.01. The Morgan fingerprint density at radius 3 is 2.78 bits per heavy atom. The van der Waals surface area contributed by atoms with Crippen molar-refractivity contribution in [2.24, 2.45) is 0 Å². The van der Waals surface area contributed by atoms with E-state index < -0.39 is 0 Å². The number of carbonyl (C=O) groups is 1. The van der Waals surface area contributed by atoms with Crippen LogP contribution >= 0.6 is 0 Å². The van der Waals surface area contributed by atoms with Crippen molar-refractivity contribution in [3.05, 3.63) is 30.1 Å². The van der Waals surface area contributed by atoms with Crippen molar-refractivity contribution in [3.63, 3.8) is 0 Å². The summed E-state index contributed by atoms with van der Waals surface area (Å²) >= 11 is 0. The number of amides is 2. The number of nitrogens with two attached hydrogens (primary N) is 1. The molecule has 0 saturated carbocycles. The van der Waals surface area contributed by atoms with Gasteiger partial charge in [0.2, 0.25) is 0 Å². The standard InChI is InChI=1S/C20H28N6O/c1-4-5-10-16-25-17-18(14-8-6-7-9-15(14)24-19(17)21)26(16)12-11-22-20(27)23-13(2)3/h6-9,13H,4-5,10-12H2,1-3H3,(H2,21,24)(H2,22,23,27). The van der Waals surface area contributed by atoms with Crippen molar-refractivity contribution in [3.8, 4) is 0 Å². The number of benzene rings is 1. The van der Waals surface area contributed by atoms with Crippen molar-refractivity contribution in [1.82, 2.24) is 25.2 Å². The predicted molar refractivity (Wildman–Crippen MR) is 110 cm³/mol. The third kappa shape index (κ3) is 4.13. The van der Waals surface area contributed by atoms with Crippen LogP contribution in [0.3, 0.4) is 0 Å². The quantitative estimate of drug-likeness (QED) is 0.596. The number of urea groups is 1. The van der Waals surface area contributed by atoms with Crippen molar-refractivity contribution in [1.29, 1.82) is 0 Å². The molecule has 0 aliphatic heterocycles. The molecule has 4 N–H and O–H groups in total. The Hall–Kier alpha value is -2.83. The number of nitrogen functional groups attached to an aromatic ring is 1. The number of carbonyl (C=O) groups excluding carboxylic acids is 1. The molecule has 7 heteroatoms. The van der Waals surface area contributed by atoms with Crippen molar-refractivity contribution in [2.75, 3.05) is 12.3 Å². The highest BCUT2D eigenvalue weighted by Crippen LogP contribution is 2.29. The van der Waals surface area contributed by atoms with Gasteiger partial charge in [-0.1, -0.05) is 31.5 Å². The fourth-order valence-corrected chi connectivity index (χ4v) is 3.27. The maximum absolute atomic E-state index is 11.9. The summed E-state index contributed by atoms with van der Waals surface area (Å²) in [5, 5.41) is 6.79. The molecule has 3 rings (SSSR count). The lowest BCUT2D eigenvalue weighted by atomic mass is 10.2. The van der Waals surface area contributed by atoms with E-state index in [-0.39, 0.29) is 12.1 Å². The van der Waals surface area contributed by atoms with Gasteiger partial charge < -0.3 is 20.9 Å². The van der Waals surface area contributed by atoms with E-state index in [0.29, 0.717) is 18.9 Å².